The van der Waals surface area contributed by atoms with E-state index in [1.165, 1.54) is 0 Å². The molecule has 20 heavy (non-hydrogen) atoms. The fraction of sp³-hybridized carbons (Fsp3) is 0.278. The van der Waals surface area contributed by atoms with E-state index < -0.39 is 0 Å². The monoisotopic (exact) mass is 268 g/mol. The van der Waals surface area contributed by atoms with Gasteiger partial charge < -0.3 is 4.74 Å². The second kappa shape index (κ2) is 5.91. The highest BCUT2D eigenvalue weighted by Crippen LogP contribution is 2.27. The van der Waals surface area contributed by atoms with Gasteiger partial charge in [-0.25, -0.2) is 0 Å². The molecule has 0 aliphatic rings. The van der Waals surface area contributed by atoms with Crippen LogP contribution >= 0.6 is 0 Å². The average molecular weight is 268 g/mol. The number of Topliss-reactive ketones (excluding diaryl/α,β-unsaturated/α-hetero) is 1. The molecule has 0 N–H and O–H groups in total. The van der Waals surface area contributed by atoms with Gasteiger partial charge in [0, 0.05) is 11.5 Å². The van der Waals surface area contributed by atoms with Crippen molar-refractivity contribution in [3.8, 4) is 16.9 Å². The Morgan fingerprint density at radius 2 is 1.70 bits per heavy atom. The molecule has 0 amide bonds. The second-order valence-electron chi connectivity index (χ2n) is 5.28. The van der Waals surface area contributed by atoms with Crippen molar-refractivity contribution in [3.05, 3.63) is 53.6 Å². The van der Waals surface area contributed by atoms with Gasteiger partial charge in [0.15, 0.2) is 5.78 Å². The molecule has 0 heterocycles. The molecule has 2 heteroatoms. The Hall–Kier alpha value is -2.09. The van der Waals surface area contributed by atoms with Gasteiger partial charge in [0.2, 0.25) is 0 Å². The van der Waals surface area contributed by atoms with Crippen LogP contribution in [0.25, 0.3) is 11.1 Å². The normalized spacial score (nSPS) is 10.7. The third kappa shape index (κ3) is 2.90. The summed E-state index contributed by atoms with van der Waals surface area (Å²) >= 11 is 0. The topological polar surface area (TPSA) is 26.3 Å². The van der Waals surface area contributed by atoms with E-state index in [4.69, 9.17) is 4.74 Å². The maximum Gasteiger partial charge on any atom is 0.165 e. The molecule has 0 aliphatic heterocycles. The van der Waals surface area contributed by atoms with E-state index in [2.05, 4.69) is 6.92 Å². The molecule has 0 saturated carbocycles. The molecule has 0 unspecified atom stereocenters. The smallest absolute Gasteiger partial charge is 0.165 e. The first kappa shape index (κ1) is 14.3. The number of hydrogen-bond donors (Lipinski definition) is 0. The summed E-state index contributed by atoms with van der Waals surface area (Å²) in [6.07, 6.45) is 0. The van der Waals surface area contributed by atoms with Gasteiger partial charge in [-0.05, 0) is 41.8 Å². The molecule has 2 aromatic rings. The number of methoxy groups -OCH3 is 1. The Morgan fingerprint density at radius 1 is 1.05 bits per heavy atom. The summed E-state index contributed by atoms with van der Waals surface area (Å²) in [5.74, 6) is 1.03. The van der Waals surface area contributed by atoms with E-state index in [1.54, 1.807) is 7.11 Å². The summed E-state index contributed by atoms with van der Waals surface area (Å²) in [5.41, 5.74) is 4.13. The number of ether oxygens (including phenoxy) is 1. The Labute approximate surface area is 120 Å². The summed E-state index contributed by atoms with van der Waals surface area (Å²) in [6, 6.07) is 13.8. The molecule has 0 aliphatic carbocycles. The highest BCUT2D eigenvalue weighted by molar-refractivity contribution is 5.98. The Kier molecular flexibility index (Phi) is 4.23. The number of rotatable bonds is 4. The molecule has 0 fully saturated rings. The third-order valence-electron chi connectivity index (χ3n) is 3.45. The van der Waals surface area contributed by atoms with E-state index in [0.29, 0.717) is 0 Å². The molecule has 104 valence electrons. The summed E-state index contributed by atoms with van der Waals surface area (Å²) in [6.45, 7) is 5.91. The molecule has 2 nitrogen and oxygen atoms in total. The lowest BCUT2D eigenvalue weighted by Crippen LogP contribution is -2.07. The van der Waals surface area contributed by atoms with Gasteiger partial charge >= 0.3 is 0 Å². The van der Waals surface area contributed by atoms with Gasteiger partial charge in [0.25, 0.3) is 0 Å². The fourth-order valence-electron chi connectivity index (χ4n) is 2.19. The largest absolute Gasteiger partial charge is 0.497 e. The Balaban J connectivity index is 2.44. The van der Waals surface area contributed by atoms with Crippen LogP contribution in [-0.2, 0) is 0 Å². The number of hydrogen-bond acceptors (Lipinski definition) is 2. The molecule has 2 rings (SSSR count). The van der Waals surface area contributed by atoms with Gasteiger partial charge in [-0.3, -0.25) is 4.79 Å². The van der Waals surface area contributed by atoms with Crippen molar-refractivity contribution < 1.29 is 9.53 Å². The van der Waals surface area contributed by atoms with Gasteiger partial charge in [0.1, 0.15) is 5.75 Å². The molecule has 0 atom stereocenters. The van der Waals surface area contributed by atoms with Crippen LogP contribution in [0.1, 0.15) is 29.8 Å². The van der Waals surface area contributed by atoms with Crippen LogP contribution in [0.5, 0.6) is 5.75 Å². The molecule has 2 aromatic carbocycles. The van der Waals surface area contributed by atoms with Crippen LogP contribution in [0, 0.1) is 12.8 Å². The quantitative estimate of drug-likeness (QED) is 0.763. The van der Waals surface area contributed by atoms with Gasteiger partial charge in [-0.2, -0.15) is 0 Å². The first-order valence-electron chi connectivity index (χ1n) is 6.82. The van der Waals surface area contributed by atoms with Crippen molar-refractivity contribution >= 4 is 5.78 Å². The van der Waals surface area contributed by atoms with Gasteiger partial charge in [-0.1, -0.05) is 38.1 Å². The van der Waals surface area contributed by atoms with E-state index >= 15 is 0 Å². The van der Waals surface area contributed by atoms with Crippen LogP contribution in [-0.4, -0.2) is 12.9 Å². The van der Waals surface area contributed by atoms with Gasteiger partial charge in [-0.15, -0.1) is 0 Å². The fourth-order valence-corrected chi connectivity index (χ4v) is 2.19. The van der Waals surface area contributed by atoms with Crippen molar-refractivity contribution in [2.24, 2.45) is 5.92 Å². The predicted octanol–water partition coefficient (Wildman–Crippen LogP) is 4.51. The molecule has 0 bridgehead atoms. The third-order valence-corrected chi connectivity index (χ3v) is 3.45. The van der Waals surface area contributed by atoms with E-state index in [-0.39, 0.29) is 11.7 Å². The maximum absolute atomic E-state index is 12.1. The lowest BCUT2D eigenvalue weighted by Gasteiger charge is -2.11. The second-order valence-corrected chi connectivity index (χ2v) is 5.28. The maximum atomic E-state index is 12.1. The summed E-state index contributed by atoms with van der Waals surface area (Å²) < 4.78 is 5.17. The van der Waals surface area contributed by atoms with Gasteiger partial charge in [0.05, 0.1) is 7.11 Å². The lowest BCUT2D eigenvalue weighted by molar-refractivity contribution is 0.0939. The van der Waals surface area contributed by atoms with Crippen molar-refractivity contribution in [1.82, 2.24) is 0 Å². The number of benzene rings is 2. The Morgan fingerprint density at radius 3 is 2.25 bits per heavy atom. The zero-order chi connectivity index (χ0) is 14.7. The van der Waals surface area contributed by atoms with Crippen LogP contribution in [0.4, 0.5) is 0 Å². The molecular formula is C18H20O2. The summed E-state index contributed by atoms with van der Waals surface area (Å²) in [4.78, 5) is 12.1. The SMILES string of the molecule is COc1ccc(-c2cc(C(=O)C(C)C)ccc2C)cc1. The number of aryl methyl sites for hydroxylation is 1. The standard InChI is InChI=1S/C18H20O2/c1-12(2)18(19)15-6-5-13(3)17(11-15)14-7-9-16(20-4)10-8-14/h5-12H,1-4H3. The minimum atomic E-state index is 0.0152. The zero-order valence-corrected chi connectivity index (χ0v) is 12.4. The van der Waals surface area contributed by atoms with Crippen molar-refractivity contribution in [3.63, 3.8) is 0 Å². The first-order chi connectivity index (χ1) is 9.52. The van der Waals surface area contributed by atoms with Crippen LogP contribution in [0.15, 0.2) is 42.5 Å². The minimum absolute atomic E-state index is 0.0152. The van der Waals surface area contributed by atoms with E-state index in [1.807, 2.05) is 56.3 Å². The minimum Gasteiger partial charge on any atom is -0.497 e. The molecular weight excluding hydrogens is 248 g/mol. The molecule has 0 aromatic heterocycles. The van der Waals surface area contributed by atoms with Crippen LogP contribution in [0.3, 0.4) is 0 Å². The van der Waals surface area contributed by atoms with Crippen molar-refractivity contribution in [2.75, 3.05) is 7.11 Å². The summed E-state index contributed by atoms with van der Waals surface area (Å²) in [7, 11) is 1.65. The highest BCUT2D eigenvalue weighted by atomic mass is 16.5. The molecule has 0 spiro atoms. The van der Waals surface area contributed by atoms with Crippen molar-refractivity contribution in [2.45, 2.75) is 20.8 Å². The van der Waals surface area contributed by atoms with E-state index in [9.17, 15) is 4.79 Å². The number of carbonyl (C=O) groups is 1. The number of ketones is 1. The molecule has 0 saturated heterocycles. The van der Waals surface area contributed by atoms with Crippen molar-refractivity contribution in [1.29, 1.82) is 0 Å². The lowest BCUT2D eigenvalue weighted by atomic mass is 9.94. The average Bonchev–Trinajstić information content (AvgIpc) is 2.47. The zero-order valence-electron chi connectivity index (χ0n) is 12.4. The van der Waals surface area contributed by atoms with E-state index in [0.717, 1.165) is 28.0 Å². The van der Waals surface area contributed by atoms with Crippen LogP contribution in [0.2, 0.25) is 0 Å². The highest BCUT2D eigenvalue weighted by Gasteiger charge is 2.12. The Bertz CT molecular complexity index is 610. The first-order valence-corrected chi connectivity index (χ1v) is 6.82. The summed E-state index contributed by atoms with van der Waals surface area (Å²) in [5, 5.41) is 0. The molecule has 0 radical (unpaired) electrons. The number of carbonyl (C=O) groups excluding carboxylic acids is 1. The predicted molar refractivity (Wildman–Crippen MR) is 82.3 cm³/mol. The van der Waals surface area contributed by atoms with Crippen LogP contribution < -0.4 is 4.74 Å².